The summed E-state index contributed by atoms with van der Waals surface area (Å²) in [5.74, 6) is -0.458. The fraction of sp³-hybridized carbons (Fsp3) is 0.833. The van der Waals surface area contributed by atoms with Crippen LogP contribution in [0.1, 0.15) is 40.5 Å². The molecule has 0 aromatic rings. The average Bonchev–Trinajstić information content (AvgIpc) is 2.22. The van der Waals surface area contributed by atoms with E-state index < -0.39 is 12.1 Å². The van der Waals surface area contributed by atoms with Crippen LogP contribution < -0.4 is 10.6 Å². The van der Waals surface area contributed by atoms with Gasteiger partial charge in [0.15, 0.2) is 0 Å². The first kappa shape index (κ1) is 15.9. The summed E-state index contributed by atoms with van der Waals surface area (Å²) in [5.41, 5.74) is 0. The molecule has 2 unspecified atom stereocenters. The number of nitrogens with one attached hydrogen (secondary N) is 2. The molecule has 0 rings (SSSR count). The highest BCUT2D eigenvalue weighted by molar-refractivity contribution is 5.87. The fourth-order valence-corrected chi connectivity index (χ4v) is 1.52. The van der Waals surface area contributed by atoms with Crippen LogP contribution in [0.4, 0.5) is 0 Å². The molecule has 0 aliphatic rings. The minimum absolute atomic E-state index is 0.0159. The molecular formula is C12H24N2O3. The highest BCUT2D eigenvalue weighted by Crippen LogP contribution is 2.02. The molecule has 17 heavy (non-hydrogen) atoms. The number of rotatable bonds is 7. The number of aliphatic hydroxyl groups excluding tert-OH is 1. The molecule has 0 aromatic heterocycles. The van der Waals surface area contributed by atoms with Gasteiger partial charge in [0.05, 0.1) is 6.10 Å². The van der Waals surface area contributed by atoms with Crippen LogP contribution in [0.5, 0.6) is 0 Å². The van der Waals surface area contributed by atoms with E-state index in [2.05, 4.69) is 10.6 Å². The molecular weight excluding hydrogens is 220 g/mol. The van der Waals surface area contributed by atoms with Gasteiger partial charge in [-0.3, -0.25) is 9.59 Å². The lowest BCUT2D eigenvalue weighted by molar-refractivity contribution is -0.129. The van der Waals surface area contributed by atoms with Crippen molar-refractivity contribution in [3.05, 3.63) is 0 Å². The highest BCUT2D eigenvalue weighted by Gasteiger charge is 2.22. The fourth-order valence-electron chi connectivity index (χ4n) is 1.52. The number of hydrogen-bond donors (Lipinski definition) is 3. The number of amides is 2. The van der Waals surface area contributed by atoms with Crippen molar-refractivity contribution in [2.75, 3.05) is 6.54 Å². The van der Waals surface area contributed by atoms with Crippen molar-refractivity contribution in [1.82, 2.24) is 10.6 Å². The first-order valence-electron chi connectivity index (χ1n) is 6.11. The Balaban J connectivity index is 4.19. The normalized spacial score (nSPS) is 14.2. The lowest BCUT2D eigenvalue weighted by Gasteiger charge is -2.21. The third kappa shape index (κ3) is 6.94. The van der Waals surface area contributed by atoms with Gasteiger partial charge in [0.25, 0.3) is 0 Å². The zero-order valence-electron chi connectivity index (χ0n) is 11.1. The second-order valence-electron chi connectivity index (χ2n) is 4.61. The Bertz CT molecular complexity index is 254. The monoisotopic (exact) mass is 244 g/mol. The molecule has 0 saturated heterocycles. The van der Waals surface area contributed by atoms with Crippen LogP contribution in [-0.4, -0.2) is 35.6 Å². The Morgan fingerprint density at radius 3 is 2.29 bits per heavy atom. The Morgan fingerprint density at radius 1 is 1.29 bits per heavy atom. The molecule has 0 fully saturated rings. The predicted octanol–water partition coefficient (Wildman–Crippen LogP) is 0.424. The summed E-state index contributed by atoms with van der Waals surface area (Å²) in [6.07, 6.45) is 1.01. The molecule has 0 aliphatic heterocycles. The van der Waals surface area contributed by atoms with Gasteiger partial charge >= 0.3 is 0 Å². The standard InChI is InChI=1S/C12H24N2O3/c1-5-6-10(16)7-13-12(17)11(8(2)3)14-9(4)15/h8,10-11,16H,5-7H2,1-4H3,(H,13,17)(H,14,15). The largest absolute Gasteiger partial charge is 0.391 e. The van der Waals surface area contributed by atoms with Crippen molar-refractivity contribution in [2.24, 2.45) is 5.92 Å². The molecule has 100 valence electrons. The summed E-state index contributed by atoms with van der Waals surface area (Å²) in [6.45, 7) is 7.31. The quantitative estimate of drug-likeness (QED) is 0.607. The van der Waals surface area contributed by atoms with E-state index in [9.17, 15) is 14.7 Å². The number of aliphatic hydroxyl groups is 1. The minimum atomic E-state index is -0.540. The first-order chi connectivity index (χ1) is 7.88. The van der Waals surface area contributed by atoms with Gasteiger partial charge in [-0.1, -0.05) is 27.2 Å². The van der Waals surface area contributed by atoms with Gasteiger partial charge in [-0.25, -0.2) is 0 Å². The maximum absolute atomic E-state index is 11.8. The van der Waals surface area contributed by atoms with Crippen molar-refractivity contribution in [3.63, 3.8) is 0 Å². The SMILES string of the molecule is CCCC(O)CNC(=O)C(NC(C)=O)C(C)C. The lowest BCUT2D eigenvalue weighted by Crippen LogP contribution is -2.50. The Labute approximate surface area is 103 Å². The second kappa shape index (κ2) is 8.06. The van der Waals surface area contributed by atoms with Gasteiger partial charge in [0.2, 0.25) is 11.8 Å². The smallest absolute Gasteiger partial charge is 0.242 e. The summed E-state index contributed by atoms with van der Waals surface area (Å²) in [6, 6.07) is -0.540. The second-order valence-corrected chi connectivity index (χ2v) is 4.61. The van der Waals surface area contributed by atoms with Crippen LogP contribution in [0.25, 0.3) is 0 Å². The zero-order valence-corrected chi connectivity index (χ0v) is 11.1. The molecule has 0 heterocycles. The first-order valence-corrected chi connectivity index (χ1v) is 6.11. The van der Waals surface area contributed by atoms with Crippen LogP contribution in [0.2, 0.25) is 0 Å². The third-order valence-corrected chi connectivity index (χ3v) is 2.44. The van der Waals surface area contributed by atoms with Gasteiger partial charge in [-0.05, 0) is 12.3 Å². The molecule has 0 spiro atoms. The van der Waals surface area contributed by atoms with Crippen LogP contribution in [0.15, 0.2) is 0 Å². The zero-order chi connectivity index (χ0) is 13.4. The van der Waals surface area contributed by atoms with Crippen molar-refractivity contribution in [1.29, 1.82) is 0 Å². The van der Waals surface area contributed by atoms with E-state index in [0.29, 0.717) is 6.42 Å². The molecule has 5 heteroatoms. The Kier molecular flexibility index (Phi) is 7.54. The maximum Gasteiger partial charge on any atom is 0.242 e. The summed E-state index contributed by atoms with van der Waals surface area (Å²) in [7, 11) is 0. The number of carbonyl (C=O) groups excluding carboxylic acids is 2. The molecule has 0 aromatic carbocycles. The van der Waals surface area contributed by atoms with Gasteiger partial charge < -0.3 is 15.7 Å². The summed E-state index contributed by atoms with van der Waals surface area (Å²) >= 11 is 0. The summed E-state index contributed by atoms with van der Waals surface area (Å²) < 4.78 is 0. The van der Waals surface area contributed by atoms with E-state index >= 15 is 0 Å². The molecule has 0 aliphatic carbocycles. The summed E-state index contributed by atoms with van der Waals surface area (Å²) in [4.78, 5) is 22.8. The predicted molar refractivity (Wildman–Crippen MR) is 66.4 cm³/mol. The Morgan fingerprint density at radius 2 is 1.88 bits per heavy atom. The van der Waals surface area contributed by atoms with E-state index in [0.717, 1.165) is 6.42 Å². The van der Waals surface area contributed by atoms with Crippen LogP contribution >= 0.6 is 0 Å². The molecule has 3 N–H and O–H groups in total. The van der Waals surface area contributed by atoms with E-state index in [1.54, 1.807) is 0 Å². The maximum atomic E-state index is 11.8. The Hall–Kier alpha value is -1.10. The molecule has 2 amide bonds. The topological polar surface area (TPSA) is 78.4 Å². The molecule has 0 radical (unpaired) electrons. The summed E-state index contributed by atoms with van der Waals surface area (Å²) in [5, 5.41) is 14.8. The van der Waals surface area contributed by atoms with Gasteiger partial charge in [-0.15, -0.1) is 0 Å². The van der Waals surface area contributed by atoms with Crippen LogP contribution in [0, 0.1) is 5.92 Å². The number of carbonyl (C=O) groups is 2. The van der Waals surface area contributed by atoms with Gasteiger partial charge in [-0.2, -0.15) is 0 Å². The van der Waals surface area contributed by atoms with Crippen LogP contribution in [-0.2, 0) is 9.59 Å². The molecule has 5 nitrogen and oxygen atoms in total. The van der Waals surface area contributed by atoms with E-state index in [4.69, 9.17) is 0 Å². The molecule has 0 bridgehead atoms. The van der Waals surface area contributed by atoms with Crippen molar-refractivity contribution in [2.45, 2.75) is 52.7 Å². The average molecular weight is 244 g/mol. The van der Waals surface area contributed by atoms with E-state index in [1.807, 2.05) is 20.8 Å². The highest BCUT2D eigenvalue weighted by atomic mass is 16.3. The lowest BCUT2D eigenvalue weighted by atomic mass is 10.0. The van der Waals surface area contributed by atoms with E-state index in [1.165, 1.54) is 6.92 Å². The van der Waals surface area contributed by atoms with Crippen molar-refractivity contribution >= 4 is 11.8 Å². The van der Waals surface area contributed by atoms with Crippen molar-refractivity contribution < 1.29 is 14.7 Å². The van der Waals surface area contributed by atoms with E-state index in [-0.39, 0.29) is 24.3 Å². The van der Waals surface area contributed by atoms with Gasteiger partial charge in [0, 0.05) is 13.5 Å². The molecule has 2 atom stereocenters. The number of hydrogen-bond acceptors (Lipinski definition) is 3. The van der Waals surface area contributed by atoms with Gasteiger partial charge in [0.1, 0.15) is 6.04 Å². The van der Waals surface area contributed by atoms with Crippen molar-refractivity contribution in [3.8, 4) is 0 Å². The van der Waals surface area contributed by atoms with Crippen LogP contribution in [0.3, 0.4) is 0 Å². The molecule has 0 saturated carbocycles. The minimum Gasteiger partial charge on any atom is -0.391 e. The third-order valence-electron chi connectivity index (χ3n) is 2.44.